The third-order valence-electron chi connectivity index (χ3n) is 20.8. The molecule has 8 nitrogen and oxygen atoms in total. The fourth-order valence-electron chi connectivity index (χ4n) is 15.9. The van der Waals surface area contributed by atoms with Gasteiger partial charge in [-0.05, 0) is 190 Å². The number of hydrogen-bond acceptors (Lipinski definition) is 4. The van der Waals surface area contributed by atoms with Crippen LogP contribution in [0.1, 0.15) is 179 Å². The zero-order chi connectivity index (χ0) is 58.9. The van der Waals surface area contributed by atoms with E-state index in [-0.39, 0.29) is 0 Å². The lowest BCUT2D eigenvalue weighted by Gasteiger charge is -2.41. The predicted molar refractivity (Wildman–Crippen MR) is 346 cm³/mol. The molecule has 5 aromatic carbocycles. The van der Waals surface area contributed by atoms with Gasteiger partial charge in [0.25, 0.3) is 0 Å². The van der Waals surface area contributed by atoms with Crippen molar-refractivity contribution in [1.29, 1.82) is 0 Å². The minimum atomic E-state index is 0.304. The summed E-state index contributed by atoms with van der Waals surface area (Å²) in [5.41, 5.74) is 23.9. The fourth-order valence-corrected chi connectivity index (χ4v) is 15.9. The van der Waals surface area contributed by atoms with Gasteiger partial charge in [0.05, 0.1) is 27.4 Å². The molecular weight excluding hydrogens is 1080 g/mol. The first kappa shape index (κ1) is 56.4. The van der Waals surface area contributed by atoms with E-state index in [1.165, 1.54) is 126 Å². The Bertz CT molecular complexity index is 3710. The van der Waals surface area contributed by atoms with Gasteiger partial charge in [0, 0.05) is 85.3 Å². The Kier molecular flexibility index (Phi) is 16.1. The largest absolute Gasteiger partial charge is 0.496 e. The van der Waals surface area contributed by atoms with Crippen LogP contribution in [0.5, 0.6) is 23.0 Å². The number of fused-ring (bicyclic) bond motifs is 4. The molecule has 13 aliphatic heterocycles. The van der Waals surface area contributed by atoms with Crippen LogP contribution >= 0.6 is 0 Å². The van der Waals surface area contributed by atoms with Crippen molar-refractivity contribution in [1.82, 2.24) is 0 Å². The minimum Gasteiger partial charge on any atom is -0.496 e. The molecule has 17 heterocycles. The molecule has 27 rings (SSSR count). The summed E-state index contributed by atoms with van der Waals surface area (Å²) in [7, 11) is 3.86. The van der Waals surface area contributed by atoms with Gasteiger partial charge in [-0.1, -0.05) is 85.6 Å². The number of rotatable bonds is 2. The second-order valence-corrected chi connectivity index (χ2v) is 26.5. The number of aryl methyl sites for hydroxylation is 6. The van der Waals surface area contributed by atoms with Crippen LogP contribution in [0.3, 0.4) is 0 Å². The van der Waals surface area contributed by atoms with Crippen LogP contribution in [0.2, 0.25) is 0 Å². The number of hydrogen-bond donors (Lipinski definition) is 0. The van der Waals surface area contributed by atoms with E-state index in [1.54, 1.807) is 0 Å². The molecule has 24 bridgehead atoms. The zero-order valence-corrected chi connectivity index (χ0v) is 51.9. The van der Waals surface area contributed by atoms with Crippen molar-refractivity contribution in [2.24, 2.45) is 0 Å². The van der Waals surface area contributed by atoms with E-state index in [2.05, 4.69) is 189 Å². The van der Waals surface area contributed by atoms with Gasteiger partial charge in [0.15, 0.2) is 75.8 Å². The van der Waals surface area contributed by atoms with Crippen molar-refractivity contribution in [3.8, 4) is 45.3 Å². The highest BCUT2D eigenvalue weighted by molar-refractivity contribution is 5.63. The minimum absolute atomic E-state index is 0.304. The average Bonchev–Trinajstić information content (AvgIpc) is 1.11. The molecule has 0 amide bonds. The van der Waals surface area contributed by atoms with Crippen molar-refractivity contribution in [3.05, 3.63) is 249 Å². The number of aromatic nitrogens is 4. The van der Waals surface area contributed by atoms with Crippen LogP contribution < -0.4 is 37.2 Å². The van der Waals surface area contributed by atoms with E-state index in [9.17, 15) is 0 Å². The lowest BCUT2D eigenvalue weighted by molar-refractivity contribution is -0.697. The van der Waals surface area contributed by atoms with Crippen molar-refractivity contribution < 1.29 is 37.2 Å². The third kappa shape index (κ3) is 11.8. The summed E-state index contributed by atoms with van der Waals surface area (Å²) in [4.78, 5) is 0. The summed E-state index contributed by atoms with van der Waals surface area (Å²) in [6.45, 7) is 4.63. The fraction of sp³-hybridized carbons (Fsp3) is 0.375. The second-order valence-electron chi connectivity index (χ2n) is 26.5. The third-order valence-corrected chi connectivity index (χ3v) is 20.8. The van der Waals surface area contributed by atoms with Gasteiger partial charge in [0.2, 0.25) is 0 Å². The highest BCUT2D eigenvalue weighted by Gasteiger charge is 2.41. The highest BCUT2D eigenvalue weighted by atomic mass is 16.5. The summed E-state index contributed by atoms with van der Waals surface area (Å²) < 4.78 is 37.6. The second kappa shape index (κ2) is 25.2. The van der Waals surface area contributed by atoms with Crippen molar-refractivity contribution >= 4 is 0 Å². The Morgan fingerprint density at radius 3 is 0.989 bits per heavy atom. The monoisotopic (exact) mass is 1170 g/mol. The van der Waals surface area contributed by atoms with Crippen LogP contribution in [-0.2, 0) is 64.7 Å². The molecule has 5 aliphatic carbocycles. The molecule has 0 radical (unpaired) electrons. The first-order valence-electron chi connectivity index (χ1n) is 33.4. The first-order valence-corrected chi connectivity index (χ1v) is 33.4. The first-order chi connectivity index (χ1) is 43.4. The van der Waals surface area contributed by atoms with Crippen LogP contribution in [0.15, 0.2) is 171 Å². The maximum atomic E-state index is 7.42. The van der Waals surface area contributed by atoms with Crippen molar-refractivity contribution in [2.45, 2.75) is 165 Å². The van der Waals surface area contributed by atoms with Gasteiger partial charge < -0.3 is 18.9 Å². The molecule has 9 aromatic rings. The standard InChI is InChI=1S/C80H86N4O4/c1-85-77-65-43-57-11-5-3-7-14-60-46-68-52-66-44-58-12-6-4-8-13-59-45-67(51-65)79(76(50-59)72-22-20-70(72)74(48-58)78(66)86-2)87-41-9-31-81-33-23-61(24-34-81)63-27-37-83(38-28-63)53-55-15-17-56(18-16-55)54-84-39-29-64(30-40-84)62-25-35-82(36-26-62)32-10-42-88-80(68)75(49-60)71-21-19-69(71)73(77)47-57/h15-18,23-30,33-40,43-50,69-72H,3-14,19-22,31-32,41-42,51-54H2,1-2H3/q+4/t69-,70-,71+,72+/m0/s1. The van der Waals surface area contributed by atoms with Gasteiger partial charge >= 0.3 is 0 Å². The van der Waals surface area contributed by atoms with E-state index in [1.807, 2.05) is 14.2 Å². The summed E-state index contributed by atoms with van der Waals surface area (Å²) in [5.74, 6) is 5.56. The molecule has 2 fully saturated rings. The van der Waals surface area contributed by atoms with E-state index in [0.717, 1.165) is 139 Å². The van der Waals surface area contributed by atoms with E-state index in [4.69, 9.17) is 18.9 Å². The molecule has 18 aliphatic rings. The van der Waals surface area contributed by atoms with E-state index < -0.39 is 0 Å². The van der Waals surface area contributed by atoms with Crippen LogP contribution in [0.25, 0.3) is 22.3 Å². The molecule has 4 aromatic heterocycles. The molecule has 2 saturated carbocycles. The van der Waals surface area contributed by atoms with Gasteiger partial charge in [-0.25, -0.2) is 18.3 Å². The molecule has 0 spiro atoms. The van der Waals surface area contributed by atoms with Gasteiger partial charge in [-0.15, -0.1) is 0 Å². The Balaban J connectivity index is 0.849. The molecule has 0 unspecified atom stereocenters. The van der Waals surface area contributed by atoms with Crippen LogP contribution in [-0.4, -0.2) is 27.4 Å². The summed E-state index contributed by atoms with van der Waals surface area (Å²) in [6, 6.07) is 47.5. The van der Waals surface area contributed by atoms with Crippen LogP contribution in [0, 0.1) is 0 Å². The lowest BCUT2D eigenvalue weighted by atomic mass is 9.64. The smallest absolute Gasteiger partial charge is 0.173 e. The molecule has 88 heavy (non-hydrogen) atoms. The number of methoxy groups -OCH3 is 2. The molecule has 0 N–H and O–H groups in total. The topological polar surface area (TPSA) is 52.4 Å². The maximum absolute atomic E-state index is 7.42. The highest BCUT2D eigenvalue weighted by Crippen LogP contribution is 2.58. The molecule has 0 saturated heterocycles. The predicted octanol–water partition coefficient (Wildman–Crippen LogP) is 14.9. The van der Waals surface area contributed by atoms with Gasteiger partial charge in [-0.2, -0.15) is 0 Å². The molecule has 446 valence electrons. The Morgan fingerprint density at radius 1 is 0.330 bits per heavy atom. The average molecular weight is 1170 g/mol. The maximum Gasteiger partial charge on any atom is 0.173 e. The summed E-state index contributed by atoms with van der Waals surface area (Å²) in [6.07, 6.45) is 36.9. The van der Waals surface area contributed by atoms with Crippen molar-refractivity contribution in [2.75, 3.05) is 27.4 Å². The Labute approximate surface area is 521 Å². The number of ether oxygens (including phenoxy) is 4. The van der Waals surface area contributed by atoms with E-state index in [0.29, 0.717) is 36.9 Å². The SMILES string of the molecule is COc1c2cc3cc1[C@H]1CC[C@H]1c1cc(cc4c1OCCC[n+]1ccc(cc1)-c1cc[n+](cc1)Cc1ccc(cc1)C[n+]1ccc(cc1)-c1cc[n+](cc1)CCCOc1c(cc5cc1[C@@H]1CC[C@@H]1c1cc(cc(c1OC)C4)CCCCC5)C2)CCCCC3. The molecular formula is C80H86N4O4+4. The quantitative estimate of drug-likeness (QED) is 0.162. The molecule has 8 heteroatoms. The van der Waals surface area contributed by atoms with Gasteiger partial charge in [0.1, 0.15) is 23.0 Å². The summed E-state index contributed by atoms with van der Waals surface area (Å²) in [5, 5.41) is 0. The number of pyridine rings is 4. The van der Waals surface area contributed by atoms with Crippen LogP contribution in [0.4, 0.5) is 0 Å². The summed E-state index contributed by atoms with van der Waals surface area (Å²) >= 11 is 0. The Morgan fingerprint density at radius 2 is 0.648 bits per heavy atom. The van der Waals surface area contributed by atoms with E-state index >= 15 is 0 Å². The zero-order valence-electron chi connectivity index (χ0n) is 51.9. The van der Waals surface area contributed by atoms with Gasteiger partial charge in [-0.3, -0.25) is 0 Å². The number of nitrogens with zero attached hydrogens (tertiary/aromatic N) is 4. The lowest BCUT2D eigenvalue weighted by Crippen LogP contribution is -2.34. The normalized spacial score (nSPS) is 19.9. The Hall–Kier alpha value is -8.10. The molecule has 4 atom stereocenters. The van der Waals surface area contributed by atoms with Crippen molar-refractivity contribution in [3.63, 3.8) is 0 Å². The number of benzene rings is 5.